The Kier molecular flexibility index (Phi) is 5.58. The summed E-state index contributed by atoms with van der Waals surface area (Å²) in [5, 5.41) is 0. The first-order valence-electron chi connectivity index (χ1n) is 9.26. The molecule has 0 aliphatic carbocycles. The van der Waals surface area contributed by atoms with Crippen LogP contribution in [0.5, 0.6) is 5.75 Å². The van der Waals surface area contributed by atoms with Crippen LogP contribution in [0.15, 0.2) is 126 Å². The summed E-state index contributed by atoms with van der Waals surface area (Å²) in [6.07, 6.45) is 0. The average molecular weight is 471 g/mol. The first kappa shape index (κ1) is 18.5. The molecule has 0 spiro atoms. The second-order valence-corrected chi connectivity index (χ2v) is 15.9. The molecule has 0 amide bonds. The fraction of sp³-hybridized carbons (Fsp3) is 0. The number of rotatable bonds is 5. The Morgan fingerprint density at radius 3 is 1.25 bits per heavy atom. The second-order valence-electron chi connectivity index (χ2n) is 6.52. The van der Waals surface area contributed by atoms with Crippen LogP contribution in [0.4, 0.5) is 0 Å². The summed E-state index contributed by atoms with van der Waals surface area (Å²) < 4.78 is 10.3. The molecule has 4 aromatic carbocycles. The monoisotopic (exact) mass is 472 g/mol. The number of hydrogen-bond donors (Lipinski definition) is 0. The van der Waals surface area contributed by atoms with E-state index >= 15 is 0 Å². The van der Waals surface area contributed by atoms with Crippen molar-refractivity contribution in [1.82, 2.24) is 0 Å². The van der Waals surface area contributed by atoms with Crippen molar-refractivity contribution in [3.63, 3.8) is 0 Å². The molecule has 4 rings (SSSR count). The molecule has 28 heavy (non-hydrogen) atoms. The third-order valence-corrected chi connectivity index (χ3v) is 16.1. The molecule has 0 aliphatic heterocycles. The van der Waals surface area contributed by atoms with Crippen molar-refractivity contribution < 1.29 is 3.07 Å². The molecule has 0 atom stereocenters. The van der Waals surface area contributed by atoms with E-state index in [9.17, 15) is 4.79 Å². The Bertz CT molecular complexity index is 1000. The van der Waals surface area contributed by atoms with Gasteiger partial charge in [0.05, 0.1) is 0 Å². The zero-order chi connectivity index (χ0) is 19.2. The minimum atomic E-state index is -3.95. The van der Waals surface area contributed by atoms with Crippen LogP contribution in [0.25, 0.3) is 0 Å². The maximum absolute atomic E-state index is 12.7. The third kappa shape index (κ3) is 3.60. The van der Waals surface area contributed by atoms with Gasteiger partial charge >= 0.3 is 170 Å². The van der Waals surface area contributed by atoms with Gasteiger partial charge in [-0.15, -0.1) is 0 Å². The van der Waals surface area contributed by atoms with Crippen molar-refractivity contribution in [1.29, 1.82) is 0 Å². The predicted molar refractivity (Wildman–Crippen MR) is 117 cm³/mol. The third-order valence-electron chi connectivity index (χ3n) is 4.76. The van der Waals surface area contributed by atoms with Gasteiger partial charge in [0.15, 0.2) is 0 Å². The fourth-order valence-electron chi connectivity index (χ4n) is 3.46. The summed E-state index contributed by atoms with van der Waals surface area (Å²) in [4.78, 5) is 12.7. The van der Waals surface area contributed by atoms with Gasteiger partial charge in [0.2, 0.25) is 0 Å². The molecule has 4 aromatic rings. The molecule has 0 aromatic heterocycles. The molecular weight excluding hydrogens is 451 g/mol. The van der Waals surface area contributed by atoms with Crippen LogP contribution in [-0.4, -0.2) is 18.8 Å². The van der Waals surface area contributed by atoms with E-state index in [-0.39, 0.29) is 5.43 Å². The van der Waals surface area contributed by atoms with Crippen molar-refractivity contribution in [2.24, 2.45) is 0 Å². The van der Waals surface area contributed by atoms with E-state index in [4.69, 9.17) is 3.07 Å². The number of benzene rings is 3. The van der Waals surface area contributed by atoms with Gasteiger partial charge in [0.1, 0.15) is 0 Å². The van der Waals surface area contributed by atoms with Crippen molar-refractivity contribution in [3.05, 3.63) is 132 Å². The molecule has 0 saturated carbocycles. The van der Waals surface area contributed by atoms with Crippen molar-refractivity contribution in [3.8, 4) is 5.75 Å². The van der Waals surface area contributed by atoms with Crippen molar-refractivity contribution in [2.45, 2.75) is 0 Å². The van der Waals surface area contributed by atoms with E-state index in [1.807, 2.05) is 66.7 Å². The van der Waals surface area contributed by atoms with Crippen LogP contribution >= 0.6 is 0 Å². The second kappa shape index (κ2) is 8.44. The topological polar surface area (TPSA) is 26.3 Å². The van der Waals surface area contributed by atoms with Crippen LogP contribution in [0, 0.1) is 0 Å². The molecule has 0 saturated heterocycles. The Labute approximate surface area is 169 Å². The van der Waals surface area contributed by atoms with Crippen LogP contribution in [0.3, 0.4) is 0 Å². The molecule has 0 heterocycles. The van der Waals surface area contributed by atoms with Gasteiger partial charge in [-0.2, -0.15) is 0 Å². The molecular formula is C25H20O2Sn. The summed E-state index contributed by atoms with van der Waals surface area (Å²) >= 11 is -3.95. The van der Waals surface area contributed by atoms with E-state index in [0.717, 1.165) is 0 Å². The molecule has 0 fully saturated rings. The van der Waals surface area contributed by atoms with Gasteiger partial charge in [0, 0.05) is 0 Å². The van der Waals surface area contributed by atoms with Gasteiger partial charge in [-0.25, -0.2) is 0 Å². The first-order valence-corrected chi connectivity index (χ1v) is 14.7. The molecule has 136 valence electrons. The molecule has 0 bridgehead atoms. The van der Waals surface area contributed by atoms with E-state index in [0.29, 0.717) is 5.75 Å². The minimum absolute atomic E-state index is 0.103. The Balaban J connectivity index is 2.04. The number of hydrogen-bond acceptors (Lipinski definition) is 2. The van der Waals surface area contributed by atoms with Crippen LogP contribution < -0.4 is 19.2 Å². The normalized spacial score (nSPS) is 11.0. The summed E-state index contributed by atoms with van der Waals surface area (Å²) in [5.74, 6) is 0.400. The van der Waals surface area contributed by atoms with Crippen LogP contribution in [-0.2, 0) is 0 Å². The SMILES string of the molecule is O=c1cccccc1[O][Sn]([c]1ccccc1)([c]1ccccc1)[c]1ccccc1. The van der Waals surface area contributed by atoms with Crippen molar-refractivity contribution >= 4 is 29.5 Å². The van der Waals surface area contributed by atoms with Gasteiger partial charge in [-0.05, 0) is 0 Å². The first-order chi connectivity index (χ1) is 13.8. The van der Waals surface area contributed by atoms with Crippen molar-refractivity contribution in [2.75, 3.05) is 0 Å². The molecule has 0 N–H and O–H groups in total. The summed E-state index contributed by atoms with van der Waals surface area (Å²) in [7, 11) is 0. The van der Waals surface area contributed by atoms with E-state index in [2.05, 4.69) is 36.4 Å². The quantitative estimate of drug-likeness (QED) is 0.419. The van der Waals surface area contributed by atoms with Crippen LogP contribution in [0.2, 0.25) is 0 Å². The van der Waals surface area contributed by atoms with E-state index in [1.54, 1.807) is 18.2 Å². The summed E-state index contributed by atoms with van der Waals surface area (Å²) in [6, 6.07) is 39.8. The zero-order valence-electron chi connectivity index (χ0n) is 15.4. The van der Waals surface area contributed by atoms with E-state index in [1.165, 1.54) is 10.7 Å². The van der Waals surface area contributed by atoms with Gasteiger partial charge in [-0.1, -0.05) is 0 Å². The van der Waals surface area contributed by atoms with Gasteiger partial charge < -0.3 is 0 Å². The maximum atomic E-state index is 12.7. The summed E-state index contributed by atoms with van der Waals surface area (Å²) in [6.45, 7) is 0. The summed E-state index contributed by atoms with van der Waals surface area (Å²) in [5.41, 5.74) is -0.103. The van der Waals surface area contributed by atoms with Gasteiger partial charge in [-0.3, -0.25) is 0 Å². The Morgan fingerprint density at radius 1 is 0.464 bits per heavy atom. The van der Waals surface area contributed by atoms with E-state index < -0.39 is 18.8 Å². The Hall–Kier alpha value is -2.85. The molecule has 2 nitrogen and oxygen atoms in total. The van der Waals surface area contributed by atoms with Gasteiger partial charge in [0.25, 0.3) is 0 Å². The standard InChI is InChI=1S/C7H6O2.3C6H5.Sn/c8-6-4-2-1-3-5-7(6)9;3*1-2-4-6-5-3-1;/h1-5H,(H,8,9);3*1-5H;/q;;;;+1/p-1. The zero-order valence-corrected chi connectivity index (χ0v) is 18.2. The Morgan fingerprint density at radius 2 is 0.821 bits per heavy atom. The fourth-order valence-corrected chi connectivity index (χ4v) is 14.4. The molecule has 0 unspecified atom stereocenters. The van der Waals surface area contributed by atoms with Crippen LogP contribution in [0.1, 0.15) is 0 Å². The molecule has 3 heteroatoms. The molecule has 0 radical (unpaired) electrons. The predicted octanol–water partition coefficient (Wildman–Crippen LogP) is 3.09. The molecule has 0 aliphatic rings. The average Bonchev–Trinajstić information content (AvgIpc) is 2.98.